The molecule has 1 unspecified atom stereocenters. The van der Waals surface area contributed by atoms with Gasteiger partial charge in [0.1, 0.15) is 5.82 Å². The molecule has 1 aromatic rings. The molecular formula is C15H20N2O3. The number of hydrogen-bond acceptors (Lipinski definition) is 5. The van der Waals surface area contributed by atoms with Crippen molar-refractivity contribution in [1.82, 2.24) is 9.97 Å². The molecule has 0 spiro atoms. The third kappa shape index (κ3) is 2.98. The van der Waals surface area contributed by atoms with Gasteiger partial charge in [0.15, 0.2) is 0 Å². The Morgan fingerprint density at radius 3 is 2.95 bits per heavy atom. The molecule has 1 aromatic heterocycles. The Balaban J connectivity index is 1.79. The maximum atomic E-state index is 11.9. The molecule has 1 aliphatic heterocycles. The van der Waals surface area contributed by atoms with Crippen molar-refractivity contribution in [1.29, 1.82) is 0 Å². The second-order valence-corrected chi connectivity index (χ2v) is 5.51. The van der Waals surface area contributed by atoms with Crippen LogP contribution in [0.2, 0.25) is 0 Å². The van der Waals surface area contributed by atoms with E-state index < -0.39 is 0 Å². The molecule has 5 nitrogen and oxygen atoms in total. The molecular weight excluding hydrogens is 256 g/mol. The summed E-state index contributed by atoms with van der Waals surface area (Å²) < 4.78 is 10.5. The van der Waals surface area contributed by atoms with E-state index >= 15 is 0 Å². The van der Waals surface area contributed by atoms with Gasteiger partial charge in [0, 0.05) is 31.7 Å². The van der Waals surface area contributed by atoms with Crippen LogP contribution in [0.3, 0.4) is 0 Å². The van der Waals surface area contributed by atoms with Crippen LogP contribution in [0.5, 0.6) is 0 Å². The highest BCUT2D eigenvalue weighted by atomic mass is 16.5. The molecule has 0 amide bonds. The molecule has 2 fully saturated rings. The van der Waals surface area contributed by atoms with Crippen LogP contribution in [0.4, 0.5) is 0 Å². The zero-order chi connectivity index (χ0) is 13.9. The third-order valence-corrected chi connectivity index (χ3v) is 3.82. The molecule has 1 saturated carbocycles. The lowest BCUT2D eigenvalue weighted by Gasteiger charge is -2.10. The number of rotatable bonds is 5. The van der Waals surface area contributed by atoms with Gasteiger partial charge in [0.2, 0.25) is 0 Å². The largest absolute Gasteiger partial charge is 0.462 e. The Bertz CT molecular complexity index is 494. The van der Waals surface area contributed by atoms with Crippen LogP contribution in [-0.4, -0.2) is 35.8 Å². The maximum absolute atomic E-state index is 11.9. The van der Waals surface area contributed by atoms with E-state index in [4.69, 9.17) is 9.47 Å². The predicted molar refractivity (Wildman–Crippen MR) is 72.6 cm³/mol. The Hall–Kier alpha value is -1.49. The standard InChI is InChI=1S/C15H20N2O3/c1-2-20-15(18)12-8-16-13(7-10-5-6-19-9-10)17-14(12)11-3-4-11/h8,10-11H,2-7,9H2,1H3. The Kier molecular flexibility index (Phi) is 3.96. The zero-order valence-electron chi connectivity index (χ0n) is 11.8. The number of nitrogens with zero attached hydrogens (tertiary/aromatic N) is 2. The molecule has 0 bridgehead atoms. The lowest BCUT2D eigenvalue weighted by atomic mass is 10.0. The third-order valence-electron chi connectivity index (χ3n) is 3.82. The van der Waals surface area contributed by atoms with E-state index in [2.05, 4.69) is 9.97 Å². The van der Waals surface area contributed by atoms with Crippen molar-refractivity contribution in [3.63, 3.8) is 0 Å². The summed E-state index contributed by atoms with van der Waals surface area (Å²) >= 11 is 0. The topological polar surface area (TPSA) is 61.3 Å². The number of carbonyl (C=O) groups excluding carboxylic acids is 1. The summed E-state index contributed by atoms with van der Waals surface area (Å²) in [4.78, 5) is 20.9. The molecule has 3 rings (SSSR count). The molecule has 1 saturated heterocycles. The number of ether oxygens (including phenoxy) is 2. The smallest absolute Gasteiger partial charge is 0.341 e. The van der Waals surface area contributed by atoms with Gasteiger partial charge in [-0.25, -0.2) is 14.8 Å². The van der Waals surface area contributed by atoms with Gasteiger partial charge in [-0.05, 0) is 32.1 Å². The summed E-state index contributed by atoms with van der Waals surface area (Å²) in [6.45, 7) is 3.82. The minimum Gasteiger partial charge on any atom is -0.462 e. The van der Waals surface area contributed by atoms with E-state index in [1.807, 2.05) is 6.92 Å². The zero-order valence-corrected chi connectivity index (χ0v) is 11.8. The first-order valence-electron chi connectivity index (χ1n) is 7.38. The molecule has 1 atom stereocenters. The fourth-order valence-electron chi connectivity index (χ4n) is 2.57. The van der Waals surface area contributed by atoms with Crippen LogP contribution in [-0.2, 0) is 15.9 Å². The number of carbonyl (C=O) groups is 1. The van der Waals surface area contributed by atoms with Gasteiger partial charge in [-0.2, -0.15) is 0 Å². The molecule has 108 valence electrons. The van der Waals surface area contributed by atoms with E-state index in [-0.39, 0.29) is 5.97 Å². The highest BCUT2D eigenvalue weighted by Gasteiger charge is 2.31. The summed E-state index contributed by atoms with van der Waals surface area (Å²) in [7, 11) is 0. The predicted octanol–water partition coefficient (Wildman–Crippen LogP) is 2.11. The highest BCUT2D eigenvalue weighted by molar-refractivity contribution is 5.90. The number of hydrogen-bond donors (Lipinski definition) is 0. The van der Waals surface area contributed by atoms with Crippen molar-refractivity contribution < 1.29 is 14.3 Å². The fourth-order valence-corrected chi connectivity index (χ4v) is 2.57. The van der Waals surface area contributed by atoms with Crippen molar-refractivity contribution >= 4 is 5.97 Å². The maximum Gasteiger partial charge on any atom is 0.341 e. The average Bonchev–Trinajstić information content (AvgIpc) is 3.18. The number of aromatic nitrogens is 2. The Morgan fingerprint density at radius 1 is 1.45 bits per heavy atom. The first kappa shape index (κ1) is 13.5. The SMILES string of the molecule is CCOC(=O)c1cnc(CC2CCOC2)nc1C1CC1. The van der Waals surface area contributed by atoms with E-state index in [1.165, 1.54) is 0 Å². The summed E-state index contributed by atoms with van der Waals surface area (Å²) in [5.41, 5.74) is 1.42. The van der Waals surface area contributed by atoms with Crippen molar-refractivity contribution in [2.45, 2.75) is 38.5 Å². The van der Waals surface area contributed by atoms with Gasteiger partial charge in [0.25, 0.3) is 0 Å². The van der Waals surface area contributed by atoms with Gasteiger partial charge in [-0.1, -0.05) is 0 Å². The van der Waals surface area contributed by atoms with Crippen LogP contribution in [0, 0.1) is 5.92 Å². The van der Waals surface area contributed by atoms with Crippen molar-refractivity contribution in [3.8, 4) is 0 Å². The van der Waals surface area contributed by atoms with E-state index in [1.54, 1.807) is 6.20 Å². The summed E-state index contributed by atoms with van der Waals surface area (Å²) in [5.74, 6) is 1.45. The van der Waals surface area contributed by atoms with Crippen molar-refractivity contribution in [3.05, 3.63) is 23.3 Å². The lowest BCUT2D eigenvalue weighted by molar-refractivity contribution is 0.0523. The molecule has 0 N–H and O–H groups in total. The molecule has 0 radical (unpaired) electrons. The van der Waals surface area contributed by atoms with Gasteiger partial charge in [-0.3, -0.25) is 0 Å². The van der Waals surface area contributed by atoms with E-state index in [0.717, 1.165) is 50.4 Å². The average molecular weight is 276 g/mol. The second-order valence-electron chi connectivity index (χ2n) is 5.51. The summed E-state index contributed by atoms with van der Waals surface area (Å²) in [6, 6.07) is 0. The van der Waals surface area contributed by atoms with E-state index in [9.17, 15) is 4.79 Å². The van der Waals surface area contributed by atoms with Crippen LogP contribution in [0.25, 0.3) is 0 Å². The highest BCUT2D eigenvalue weighted by Crippen LogP contribution is 2.40. The van der Waals surface area contributed by atoms with E-state index in [0.29, 0.717) is 24.0 Å². The van der Waals surface area contributed by atoms with Crippen molar-refractivity contribution in [2.75, 3.05) is 19.8 Å². The first-order chi connectivity index (χ1) is 9.78. The Labute approximate surface area is 118 Å². The van der Waals surface area contributed by atoms with Crippen LogP contribution < -0.4 is 0 Å². The molecule has 1 aliphatic carbocycles. The minimum atomic E-state index is -0.301. The second kappa shape index (κ2) is 5.87. The first-order valence-corrected chi connectivity index (χ1v) is 7.38. The van der Waals surface area contributed by atoms with Crippen LogP contribution >= 0.6 is 0 Å². The minimum absolute atomic E-state index is 0.301. The van der Waals surface area contributed by atoms with Crippen LogP contribution in [0.1, 0.15) is 54.0 Å². The Morgan fingerprint density at radius 2 is 2.30 bits per heavy atom. The number of esters is 1. The van der Waals surface area contributed by atoms with Gasteiger partial charge < -0.3 is 9.47 Å². The monoisotopic (exact) mass is 276 g/mol. The normalized spacial score (nSPS) is 21.9. The quantitative estimate of drug-likeness (QED) is 0.771. The van der Waals surface area contributed by atoms with Crippen LogP contribution in [0.15, 0.2) is 6.20 Å². The van der Waals surface area contributed by atoms with Gasteiger partial charge in [0.05, 0.1) is 17.9 Å². The fraction of sp³-hybridized carbons (Fsp3) is 0.667. The molecule has 2 heterocycles. The molecule has 2 aliphatic rings. The summed E-state index contributed by atoms with van der Waals surface area (Å²) in [6.07, 6.45) is 5.76. The molecule has 5 heteroatoms. The van der Waals surface area contributed by atoms with Gasteiger partial charge in [-0.15, -0.1) is 0 Å². The van der Waals surface area contributed by atoms with Crippen molar-refractivity contribution in [2.24, 2.45) is 5.92 Å². The molecule has 20 heavy (non-hydrogen) atoms. The molecule has 0 aromatic carbocycles. The van der Waals surface area contributed by atoms with Gasteiger partial charge >= 0.3 is 5.97 Å². The summed E-state index contributed by atoms with van der Waals surface area (Å²) in [5, 5.41) is 0. The lowest BCUT2D eigenvalue weighted by Crippen LogP contribution is -2.14.